The molecule has 0 saturated heterocycles. The number of hydrogen-bond donors (Lipinski definition) is 0. The van der Waals surface area contributed by atoms with Gasteiger partial charge in [-0.3, -0.25) is 0 Å². The Morgan fingerprint density at radius 1 is 0.900 bits per heavy atom. The summed E-state index contributed by atoms with van der Waals surface area (Å²) in [6.45, 7) is 6.90. The first-order valence-corrected chi connectivity index (χ1v) is 9.30. The van der Waals surface area contributed by atoms with Crippen molar-refractivity contribution in [3.63, 3.8) is 0 Å². The third-order valence-corrected chi connectivity index (χ3v) is 7.05. The molecule has 0 atom stereocenters. The number of allylic oxidation sites excluding steroid dienone is 1. The molecular weight excluding hydrogens is 327 g/mol. The zero-order valence-corrected chi connectivity index (χ0v) is 14.7. The summed E-state index contributed by atoms with van der Waals surface area (Å²) in [7, 11) is 0. The van der Waals surface area contributed by atoms with Crippen molar-refractivity contribution >= 4 is 31.2 Å². The molecule has 0 spiro atoms. The van der Waals surface area contributed by atoms with Crippen LogP contribution in [0.15, 0.2) is 75.4 Å². The maximum atomic E-state index is 2.35. The van der Waals surface area contributed by atoms with Gasteiger partial charge >= 0.3 is 133 Å². The van der Waals surface area contributed by atoms with Gasteiger partial charge in [-0.2, -0.15) is 0 Å². The molecule has 0 aromatic heterocycles. The normalized spacial score (nSPS) is 12.4. The van der Waals surface area contributed by atoms with E-state index in [1.54, 1.807) is 0 Å². The van der Waals surface area contributed by atoms with E-state index in [9.17, 15) is 0 Å². The Kier molecular flexibility index (Phi) is 5.54. The van der Waals surface area contributed by atoms with Crippen LogP contribution in [0.25, 0.3) is 0 Å². The Bertz CT molecular complexity index is 553. The van der Waals surface area contributed by atoms with E-state index in [1.807, 2.05) is 11.8 Å². The fourth-order valence-electron chi connectivity index (χ4n) is 1.59. The van der Waals surface area contributed by atoms with Gasteiger partial charge in [-0.15, -0.1) is 0 Å². The van der Waals surface area contributed by atoms with Crippen LogP contribution in [-0.4, -0.2) is 15.0 Å². The second kappa shape index (κ2) is 7.17. The quantitative estimate of drug-likeness (QED) is 0.571. The average molecular weight is 347 g/mol. The molecule has 0 amide bonds. The van der Waals surface area contributed by atoms with Crippen molar-refractivity contribution in [3.05, 3.63) is 70.5 Å². The standard InChI is InChI=1S/C18H20SSe/c1-18(2,3)17(20-16-12-8-5-9-13-16)14-19-15-10-6-4-7-11-15/h4-14H,1-3H3/b17-14+. The van der Waals surface area contributed by atoms with Gasteiger partial charge in [0.1, 0.15) is 0 Å². The molecule has 0 radical (unpaired) electrons. The monoisotopic (exact) mass is 348 g/mol. The number of benzene rings is 2. The maximum absolute atomic E-state index is 2.35. The molecular formula is C18H20SSe. The molecule has 0 fully saturated rings. The Hall–Kier alpha value is -0.951. The summed E-state index contributed by atoms with van der Waals surface area (Å²) in [6, 6.07) is 21.4. The fraction of sp³-hybridized carbons (Fsp3) is 0.222. The summed E-state index contributed by atoms with van der Waals surface area (Å²) >= 11 is 2.22. The first-order chi connectivity index (χ1) is 9.55. The van der Waals surface area contributed by atoms with E-state index >= 15 is 0 Å². The molecule has 104 valence electrons. The second-order valence-electron chi connectivity index (χ2n) is 5.58. The van der Waals surface area contributed by atoms with E-state index in [0.717, 1.165) is 0 Å². The third-order valence-electron chi connectivity index (χ3n) is 2.76. The van der Waals surface area contributed by atoms with Gasteiger partial charge in [0.15, 0.2) is 0 Å². The summed E-state index contributed by atoms with van der Waals surface area (Å²) in [5, 5.41) is 2.35. The fourth-order valence-corrected chi connectivity index (χ4v) is 4.95. The van der Waals surface area contributed by atoms with E-state index in [0.29, 0.717) is 15.0 Å². The van der Waals surface area contributed by atoms with E-state index in [4.69, 9.17) is 0 Å². The van der Waals surface area contributed by atoms with Crippen LogP contribution in [0.2, 0.25) is 0 Å². The van der Waals surface area contributed by atoms with Gasteiger partial charge in [-0.25, -0.2) is 0 Å². The Labute approximate surface area is 132 Å². The van der Waals surface area contributed by atoms with Gasteiger partial charge in [0.2, 0.25) is 0 Å². The summed E-state index contributed by atoms with van der Waals surface area (Å²) in [5.41, 5.74) is 0.220. The molecule has 0 aliphatic rings. The SMILES string of the molecule is CC(C)(C)/C(=C\Sc1ccccc1)[Se]c1ccccc1. The van der Waals surface area contributed by atoms with Gasteiger partial charge in [-0.05, 0) is 0 Å². The van der Waals surface area contributed by atoms with E-state index in [1.165, 1.54) is 13.8 Å². The van der Waals surface area contributed by atoms with Crippen LogP contribution in [0.1, 0.15) is 20.8 Å². The zero-order valence-electron chi connectivity index (χ0n) is 12.2. The van der Waals surface area contributed by atoms with Crippen LogP contribution >= 0.6 is 11.8 Å². The molecule has 20 heavy (non-hydrogen) atoms. The molecule has 0 bridgehead atoms. The van der Waals surface area contributed by atoms with Crippen molar-refractivity contribution in [1.29, 1.82) is 0 Å². The molecule has 2 rings (SSSR count). The van der Waals surface area contributed by atoms with Crippen molar-refractivity contribution < 1.29 is 0 Å². The van der Waals surface area contributed by atoms with Crippen molar-refractivity contribution in [2.24, 2.45) is 5.41 Å². The predicted molar refractivity (Wildman–Crippen MR) is 91.7 cm³/mol. The first-order valence-electron chi connectivity index (χ1n) is 6.71. The molecule has 2 heteroatoms. The average Bonchev–Trinajstić information content (AvgIpc) is 2.44. The van der Waals surface area contributed by atoms with Crippen LogP contribution in [0.5, 0.6) is 0 Å². The minimum absolute atomic E-state index is 0.220. The van der Waals surface area contributed by atoms with Crippen LogP contribution in [-0.2, 0) is 0 Å². The van der Waals surface area contributed by atoms with E-state index < -0.39 is 0 Å². The van der Waals surface area contributed by atoms with Crippen molar-refractivity contribution in [2.75, 3.05) is 0 Å². The van der Waals surface area contributed by atoms with Crippen molar-refractivity contribution in [3.8, 4) is 0 Å². The molecule has 0 N–H and O–H groups in total. The number of rotatable bonds is 4. The molecule has 2 aromatic rings. The van der Waals surface area contributed by atoms with Crippen LogP contribution < -0.4 is 4.46 Å². The van der Waals surface area contributed by atoms with Crippen LogP contribution in [0, 0.1) is 5.41 Å². The third kappa shape index (κ3) is 4.86. The van der Waals surface area contributed by atoms with Gasteiger partial charge < -0.3 is 0 Å². The van der Waals surface area contributed by atoms with Crippen molar-refractivity contribution in [2.45, 2.75) is 25.7 Å². The molecule has 0 heterocycles. The predicted octanol–water partition coefficient (Wildman–Crippen LogP) is 4.70. The minimum atomic E-state index is 0.220. The van der Waals surface area contributed by atoms with Gasteiger partial charge in [0.05, 0.1) is 0 Å². The summed E-state index contributed by atoms with van der Waals surface area (Å²) in [5.74, 6) is 0. The first kappa shape index (κ1) is 15.4. The van der Waals surface area contributed by atoms with Crippen LogP contribution in [0.4, 0.5) is 0 Å². The molecule has 0 nitrogen and oxygen atoms in total. The van der Waals surface area contributed by atoms with Gasteiger partial charge in [0.25, 0.3) is 0 Å². The Morgan fingerprint density at radius 2 is 1.45 bits per heavy atom. The molecule has 2 aromatic carbocycles. The summed E-state index contributed by atoms with van der Waals surface area (Å²) < 4.78 is 2.97. The summed E-state index contributed by atoms with van der Waals surface area (Å²) in [4.78, 5) is 1.30. The number of hydrogen-bond acceptors (Lipinski definition) is 1. The van der Waals surface area contributed by atoms with Gasteiger partial charge in [-0.1, -0.05) is 0 Å². The second-order valence-corrected chi connectivity index (χ2v) is 8.86. The Morgan fingerprint density at radius 3 is 2.00 bits per heavy atom. The molecule has 0 aliphatic carbocycles. The van der Waals surface area contributed by atoms with Crippen molar-refractivity contribution in [1.82, 2.24) is 0 Å². The van der Waals surface area contributed by atoms with E-state index in [2.05, 4.69) is 86.8 Å². The van der Waals surface area contributed by atoms with Gasteiger partial charge in [0, 0.05) is 0 Å². The van der Waals surface area contributed by atoms with Crippen LogP contribution in [0.3, 0.4) is 0 Å². The molecule has 0 aliphatic heterocycles. The Balaban J connectivity index is 2.16. The topological polar surface area (TPSA) is 0 Å². The molecule has 0 unspecified atom stereocenters. The summed E-state index contributed by atoms with van der Waals surface area (Å²) in [6.07, 6.45) is 0. The molecule has 0 saturated carbocycles. The van der Waals surface area contributed by atoms with E-state index in [-0.39, 0.29) is 5.41 Å². The number of thioether (sulfide) groups is 1. The zero-order chi connectivity index (χ0) is 14.4.